The summed E-state index contributed by atoms with van der Waals surface area (Å²) in [7, 11) is 1.53. The van der Waals surface area contributed by atoms with E-state index in [1.165, 1.54) is 23.9 Å². The van der Waals surface area contributed by atoms with Crippen LogP contribution in [0.25, 0.3) is 0 Å². The number of hydrogen-bond acceptors (Lipinski definition) is 3. The van der Waals surface area contributed by atoms with Crippen LogP contribution in [0.2, 0.25) is 5.02 Å². The molecule has 0 aliphatic heterocycles. The second kappa shape index (κ2) is 7.62. The first-order chi connectivity index (χ1) is 11.3. The molecule has 0 aliphatic rings. The van der Waals surface area contributed by atoms with Gasteiger partial charge < -0.3 is 4.90 Å². The molecule has 2 aromatic rings. The number of benzene rings is 1. The van der Waals surface area contributed by atoms with E-state index in [9.17, 15) is 9.59 Å². The average Bonchev–Trinajstić information content (AvgIpc) is 2.54. The molecule has 0 radical (unpaired) electrons. The van der Waals surface area contributed by atoms with Gasteiger partial charge in [0.25, 0.3) is 11.5 Å². The molecule has 0 fully saturated rings. The highest BCUT2D eigenvalue weighted by atomic mass is 35.5. The van der Waals surface area contributed by atoms with Gasteiger partial charge in [-0.15, -0.1) is 0 Å². The van der Waals surface area contributed by atoms with Crippen LogP contribution >= 0.6 is 11.6 Å². The Morgan fingerprint density at radius 3 is 2.46 bits per heavy atom. The van der Waals surface area contributed by atoms with Gasteiger partial charge in [-0.2, -0.15) is 5.10 Å². The Kier molecular flexibility index (Phi) is 5.78. The predicted molar refractivity (Wildman–Crippen MR) is 95.2 cm³/mol. The number of carbonyl (C=O) groups excluding carboxylic acids is 1. The molecule has 1 aromatic heterocycles. The smallest absolute Gasteiger partial charge is 0.274 e. The second-order valence-corrected chi connectivity index (χ2v) is 6.64. The minimum Gasteiger partial charge on any atom is -0.330 e. The van der Waals surface area contributed by atoms with E-state index in [4.69, 9.17) is 11.6 Å². The minimum atomic E-state index is -0.249. The number of aryl methyl sites for hydroxylation is 1. The van der Waals surface area contributed by atoms with E-state index in [1.807, 2.05) is 45.0 Å². The average molecular weight is 348 g/mol. The minimum absolute atomic E-state index is 0.201. The fourth-order valence-corrected chi connectivity index (χ4v) is 2.85. The van der Waals surface area contributed by atoms with Gasteiger partial charge >= 0.3 is 0 Å². The quantitative estimate of drug-likeness (QED) is 0.834. The van der Waals surface area contributed by atoms with Crippen molar-refractivity contribution >= 4 is 17.5 Å². The number of hydrogen-bond donors (Lipinski definition) is 0. The first-order valence-electron chi connectivity index (χ1n) is 7.91. The molecule has 24 heavy (non-hydrogen) atoms. The first kappa shape index (κ1) is 18.2. The number of carbonyl (C=O) groups is 1. The van der Waals surface area contributed by atoms with Crippen LogP contribution in [0.4, 0.5) is 0 Å². The van der Waals surface area contributed by atoms with Crippen molar-refractivity contribution in [2.75, 3.05) is 6.54 Å². The monoisotopic (exact) mass is 347 g/mol. The van der Waals surface area contributed by atoms with Crippen LogP contribution < -0.4 is 5.56 Å². The van der Waals surface area contributed by atoms with Gasteiger partial charge in [-0.25, -0.2) is 4.68 Å². The maximum absolute atomic E-state index is 13.0. The molecule has 0 saturated carbocycles. The van der Waals surface area contributed by atoms with Crippen molar-refractivity contribution in [3.05, 3.63) is 63.0 Å². The zero-order valence-electron chi connectivity index (χ0n) is 14.4. The summed E-state index contributed by atoms with van der Waals surface area (Å²) in [5.74, 6) is 0.0677. The number of aromatic nitrogens is 2. The van der Waals surface area contributed by atoms with E-state index in [0.717, 1.165) is 5.56 Å². The summed E-state index contributed by atoms with van der Waals surface area (Å²) in [6.07, 6.45) is 0. The molecule has 0 aliphatic carbocycles. The number of nitrogens with zero attached hydrogens (tertiary/aromatic N) is 3. The van der Waals surface area contributed by atoms with Crippen molar-refractivity contribution < 1.29 is 4.79 Å². The Balaban J connectivity index is 2.40. The summed E-state index contributed by atoms with van der Waals surface area (Å²) in [6.45, 7) is 6.61. The van der Waals surface area contributed by atoms with Crippen molar-refractivity contribution in [1.82, 2.24) is 14.7 Å². The van der Waals surface area contributed by atoms with E-state index in [1.54, 1.807) is 4.90 Å². The summed E-state index contributed by atoms with van der Waals surface area (Å²) in [4.78, 5) is 26.2. The van der Waals surface area contributed by atoms with Gasteiger partial charge in [-0.1, -0.05) is 43.6 Å². The second-order valence-electron chi connectivity index (χ2n) is 6.23. The van der Waals surface area contributed by atoms with E-state index < -0.39 is 0 Å². The molecular formula is C18H22ClN3O2. The van der Waals surface area contributed by atoms with Crippen LogP contribution in [0.15, 0.2) is 41.2 Å². The molecule has 0 unspecified atom stereocenters. The van der Waals surface area contributed by atoms with Gasteiger partial charge in [0.05, 0.1) is 6.04 Å². The SMILES string of the molecule is CC(C)CN(C(=O)c1ccc(=O)n(C)n1)[C@H](C)c1ccccc1Cl. The van der Waals surface area contributed by atoms with Crippen LogP contribution in [0.3, 0.4) is 0 Å². The standard InChI is InChI=1S/C18H22ClN3O2/c1-12(2)11-22(13(3)14-7-5-6-8-15(14)19)18(24)16-9-10-17(23)21(4)20-16/h5-10,12-13H,11H2,1-4H3/t13-/m1/s1. The third-order valence-electron chi connectivity index (χ3n) is 3.83. The highest BCUT2D eigenvalue weighted by Gasteiger charge is 2.26. The number of amides is 1. The van der Waals surface area contributed by atoms with Gasteiger partial charge in [-0.3, -0.25) is 9.59 Å². The fraction of sp³-hybridized carbons (Fsp3) is 0.389. The highest BCUT2D eigenvalue weighted by Crippen LogP contribution is 2.28. The lowest BCUT2D eigenvalue weighted by Gasteiger charge is -2.31. The van der Waals surface area contributed by atoms with E-state index >= 15 is 0 Å². The van der Waals surface area contributed by atoms with Gasteiger partial charge in [0.2, 0.25) is 0 Å². The molecule has 128 valence electrons. The molecule has 0 spiro atoms. The summed E-state index contributed by atoms with van der Waals surface area (Å²) < 4.78 is 1.17. The molecule has 2 rings (SSSR count). The summed E-state index contributed by atoms with van der Waals surface area (Å²) in [5, 5.41) is 4.70. The molecule has 5 nitrogen and oxygen atoms in total. The maximum atomic E-state index is 13.0. The third-order valence-corrected chi connectivity index (χ3v) is 4.17. The molecule has 0 bridgehead atoms. The van der Waals surface area contributed by atoms with Gasteiger partial charge in [0.15, 0.2) is 0 Å². The first-order valence-corrected chi connectivity index (χ1v) is 8.28. The Morgan fingerprint density at radius 2 is 1.88 bits per heavy atom. The van der Waals surface area contributed by atoms with Crippen LogP contribution in [0.1, 0.15) is 42.9 Å². The zero-order valence-corrected chi connectivity index (χ0v) is 15.1. The van der Waals surface area contributed by atoms with Gasteiger partial charge in [0.1, 0.15) is 5.69 Å². The lowest BCUT2D eigenvalue weighted by atomic mass is 10.0. The van der Waals surface area contributed by atoms with E-state index in [-0.39, 0.29) is 29.1 Å². The molecule has 6 heteroatoms. The Bertz CT molecular complexity index is 786. The van der Waals surface area contributed by atoms with E-state index in [0.29, 0.717) is 11.6 Å². The number of rotatable bonds is 5. The number of halogens is 1. The highest BCUT2D eigenvalue weighted by molar-refractivity contribution is 6.31. The molecule has 0 N–H and O–H groups in total. The Morgan fingerprint density at radius 1 is 1.21 bits per heavy atom. The molecule has 1 amide bonds. The molecule has 1 heterocycles. The van der Waals surface area contributed by atoms with Crippen molar-refractivity contribution in [3.8, 4) is 0 Å². The fourth-order valence-electron chi connectivity index (χ4n) is 2.56. The Hall–Kier alpha value is -2.14. The predicted octanol–water partition coefficient (Wildman–Crippen LogP) is 3.29. The van der Waals surface area contributed by atoms with E-state index in [2.05, 4.69) is 5.10 Å². The lowest BCUT2D eigenvalue weighted by Crippen LogP contribution is -2.38. The van der Waals surface area contributed by atoms with Crippen LogP contribution in [-0.2, 0) is 7.05 Å². The molecule has 1 aromatic carbocycles. The van der Waals surface area contributed by atoms with Gasteiger partial charge in [-0.05, 0) is 30.5 Å². The van der Waals surface area contributed by atoms with Crippen molar-refractivity contribution in [2.45, 2.75) is 26.8 Å². The Labute approximate surface area is 146 Å². The van der Waals surface area contributed by atoms with Crippen LogP contribution in [-0.4, -0.2) is 27.1 Å². The summed E-state index contributed by atoms with van der Waals surface area (Å²) in [6, 6.07) is 10.1. The maximum Gasteiger partial charge on any atom is 0.274 e. The molecule has 0 saturated heterocycles. The summed E-state index contributed by atoms with van der Waals surface area (Å²) in [5.41, 5.74) is 0.885. The lowest BCUT2D eigenvalue weighted by molar-refractivity contribution is 0.0656. The molecular weight excluding hydrogens is 326 g/mol. The van der Waals surface area contributed by atoms with Gasteiger partial charge in [0, 0.05) is 24.7 Å². The largest absolute Gasteiger partial charge is 0.330 e. The van der Waals surface area contributed by atoms with Crippen LogP contribution in [0.5, 0.6) is 0 Å². The summed E-state index contributed by atoms with van der Waals surface area (Å²) >= 11 is 6.30. The normalized spacial score (nSPS) is 12.2. The van der Waals surface area contributed by atoms with Crippen molar-refractivity contribution in [1.29, 1.82) is 0 Å². The topological polar surface area (TPSA) is 55.2 Å². The zero-order chi connectivity index (χ0) is 17.9. The van der Waals surface area contributed by atoms with Crippen molar-refractivity contribution in [2.24, 2.45) is 13.0 Å². The third kappa shape index (κ3) is 4.03. The molecule has 1 atom stereocenters. The van der Waals surface area contributed by atoms with Crippen LogP contribution in [0, 0.1) is 5.92 Å². The van der Waals surface area contributed by atoms with Crippen molar-refractivity contribution in [3.63, 3.8) is 0 Å².